The van der Waals surface area contributed by atoms with E-state index >= 15 is 0 Å². The van der Waals surface area contributed by atoms with Crippen molar-refractivity contribution in [2.75, 3.05) is 0 Å². The standard InChI is InChI=1S/C35H32N.Ir/c1-34(2)29-14-13-27(33-28-18-23-10-6-5-9-22(23)17-26(28)15-16-36-33)21-30(29)35(3,4)32-20-25-12-8-7-11-24(25)19-31(32)34;/h7-8,11-12,14-21H,5-6,9-10H2,1-4H3;/q-1;. The van der Waals surface area contributed by atoms with Gasteiger partial charge in [0.1, 0.15) is 0 Å². The summed E-state index contributed by atoms with van der Waals surface area (Å²) >= 11 is 0. The van der Waals surface area contributed by atoms with Crippen LogP contribution in [0.25, 0.3) is 32.8 Å². The van der Waals surface area contributed by atoms with Gasteiger partial charge in [-0.2, -0.15) is 0 Å². The molecule has 1 radical (unpaired) electrons. The van der Waals surface area contributed by atoms with Gasteiger partial charge in [-0.3, -0.25) is 0 Å². The first kappa shape index (κ1) is 24.5. The Morgan fingerprint density at radius 3 is 1.95 bits per heavy atom. The van der Waals surface area contributed by atoms with Crippen molar-refractivity contribution in [1.29, 1.82) is 0 Å². The maximum Gasteiger partial charge on any atom is 0.0167 e. The van der Waals surface area contributed by atoms with Gasteiger partial charge in [-0.25, -0.2) is 0 Å². The minimum atomic E-state index is -0.113. The van der Waals surface area contributed by atoms with Crippen molar-refractivity contribution in [2.45, 2.75) is 64.2 Å². The Bertz CT molecular complexity index is 1690. The van der Waals surface area contributed by atoms with E-state index < -0.39 is 0 Å². The molecule has 1 nitrogen and oxygen atoms in total. The molecule has 0 fully saturated rings. The molecule has 7 rings (SSSR count). The molecule has 187 valence electrons. The van der Waals surface area contributed by atoms with Gasteiger partial charge in [0.25, 0.3) is 0 Å². The number of benzene rings is 4. The molecule has 0 bridgehead atoms. The van der Waals surface area contributed by atoms with Crippen LogP contribution in [0, 0.1) is 6.07 Å². The van der Waals surface area contributed by atoms with Crippen LogP contribution in [0.3, 0.4) is 0 Å². The number of rotatable bonds is 1. The normalized spacial score (nSPS) is 17.0. The summed E-state index contributed by atoms with van der Waals surface area (Å²) in [4.78, 5) is 4.91. The van der Waals surface area contributed by atoms with Gasteiger partial charge in [0.05, 0.1) is 0 Å². The monoisotopic (exact) mass is 659 g/mol. The predicted octanol–water partition coefficient (Wildman–Crippen LogP) is 8.70. The van der Waals surface area contributed by atoms with Crippen molar-refractivity contribution in [3.05, 3.63) is 112 Å². The van der Waals surface area contributed by atoms with E-state index in [2.05, 4.69) is 100 Å². The second-order valence-corrected chi connectivity index (χ2v) is 11.9. The first-order valence-corrected chi connectivity index (χ1v) is 13.4. The number of nitrogens with zero attached hydrogens (tertiary/aromatic N) is 1. The van der Waals surface area contributed by atoms with Crippen molar-refractivity contribution < 1.29 is 20.1 Å². The fraction of sp³-hybridized carbons (Fsp3) is 0.286. The van der Waals surface area contributed by atoms with Crippen LogP contribution in [0.1, 0.15) is 73.9 Å². The summed E-state index contributed by atoms with van der Waals surface area (Å²) in [5, 5.41) is 5.18. The van der Waals surface area contributed by atoms with Gasteiger partial charge in [0, 0.05) is 26.3 Å². The smallest absolute Gasteiger partial charge is 0.0167 e. The number of hydrogen-bond acceptors (Lipinski definition) is 1. The second-order valence-electron chi connectivity index (χ2n) is 11.9. The minimum absolute atomic E-state index is 0. The van der Waals surface area contributed by atoms with Crippen LogP contribution in [0.4, 0.5) is 0 Å². The number of pyridine rings is 1. The summed E-state index contributed by atoms with van der Waals surface area (Å²) in [6.07, 6.45) is 6.94. The predicted molar refractivity (Wildman–Crippen MR) is 151 cm³/mol. The Morgan fingerprint density at radius 2 is 1.27 bits per heavy atom. The summed E-state index contributed by atoms with van der Waals surface area (Å²) in [6.45, 7) is 9.49. The van der Waals surface area contributed by atoms with E-state index in [0.29, 0.717) is 0 Å². The summed E-state index contributed by atoms with van der Waals surface area (Å²) < 4.78 is 0. The van der Waals surface area contributed by atoms with Crippen molar-refractivity contribution in [1.82, 2.24) is 4.98 Å². The Labute approximate surface area is 233 Å². The molecule has 4 aromatic carbocycles. The molecule has 0 saturated heterocycles. The van der Waals surface area contributed by atoms with E-state index in [1.165, 1.54) is 80.6 Å². The average molecular weight is 659 g/mol. The number of aromatic nitrogens is 1. The Hall–Kier alpha value is -2.80. The Morgan fingerprint density at radius 1 is 0.676 bits per heavy atom. The molecule has 2 heteroatoms. The van der Waals surface area contributed by atoms with Crippen LogP contribution in [0.2, 0.25) is 0 Å². The van der Waals surface area contributed by atoms with Crippen LogP contribution in [0.5, 0.6) is 0 Å². The molecule has 1 aromatic heterocycles. The fourth-order valence-electron chi connectivity index (χ4n) is 6.85. The largest absolute Gasteiger partial charge is 0.304 e. The van der Waals surface area contributed by atoms with E-state index in [1.54, 1.807) is 0 Å². The van der Waals surface area contributed by atoms with E-state index in [4.69, 9.17) is 4.98 Å². The van der Waals surface area contributed by atoms with Gasteiger partial charge >= 0.3 is 0 Å². The van der Waals surface area contributed by atoms with E-state index in [9.17, 15) is 0 Å². The minimum Gasteiger partial charge on any atom is -0.304 e. The first-order valence-electron chi connectivity index (χ1n) is 13.4. The third-order valence-electron chi connectivity index (χ3n) is 9.01. The molecule has 0 aliphatic heterocycles. The molecular weight excluding hydrogens is 627 g/mol. The van der Waals surface area contributed by atoms with Crippen LogP contribution >= 0.6 is 0 Å². The van der Waals surface area contributed by atoms with Crippen LogP contribution in [-0.4, -0.2) is 4.98 Å². The molecule has 0 N–H and O–H groups in total. The van der Waals surface area contributed by atoms with Gasteiger partial charge in [0.15, 0.2) is 0 Å². The molecule has 0 spiro atoms. The van der Waals surface area contributed by atoms with Crippen molar-refractivity contribution in [3.8, 4) is 11.3 Å². The molecule has 2 aliphatic rings. The summed E-state index contributed by atoms with van der Waals surface area (Å²) in [5.41, 5.74) is 10.6. The molecule has 1 heterocycles. The van der Waals surface area contributed by atoms with Crippen LogP contribution < -0.4 is 0 Å². The molecular formula is C35H32IrN-. The number of hydrogen-bond donors (Lipinski definition) is 0. The van der Waals surface area contributed by atoms with E-state index in [1.807, 2.05) is 6.20 Å². The van der Waals surface area contributed by atoms with Gasteiger partial charge < -0.3 is 4.98 Å². The summed E-state index contributed by atoms with van der Waals surface area (Å²) in [6, 6.07) is 28.9. The summed E-state index contributed by atoms with van der Waals surface area (Å²) in [7, 11) is 0. The number of aryl methyl sites for hydroxylation is 2. The van der Waals surface area contributed by atoms with Gasteiger partial charge in [-0.1, -0.05) is 76.2 Å². The molecule has 37 heavy (non-hydrogen) atoms. The molecule has 0 unspecified atom stereocenters. The second kappa shape index (κ2) is 8.62. The topological polar surface area (TPSA) is 12.9 Å². The zero-order valence-electron chi connectivity index (χ0n) is 22.0. The Kier molecular flexibility index (Phi) is 5.71. The van der Waals surface area contributed by atoms with Gasteiger partial charge in [-0.05, 0) is 92.1 Å². The zero-order valence-corrected chi connectivity index (χ0v) is 24.4. The molecule has 0 amide bonds. The molecule has 0 atom stereocenters. The summed E-state index contributed by atoms with van der Waals surface area (Å²) in [5.74, 6) is 0. The molecule has 0 saturated carbocycles. The third-order valence-corrected chi connectivity index (χ3v) is 9.01. The van der Waals surface area contributed by atoms with Crippen molar-refractivity contribution >= 4 is 21.5 Å². The van der Waals surface area contributed by atoms with E-state index in [0.717, 1.165) is 11.3 Å². The zero-order chi connectivity index (χ0) is 24.7. The quantitative estimate of drug-likeness (QED) is 0.164. The van der Waals surface area contributed by atoms with Crippen LogP contribution in [-0.2, 0) is 43.8 Å². The number of fused-ring (bicyclic) bond motifs is 5. The SMILES string of the molecule is CC1(C)c2c[c-]c(-c3nccc4cc5c(cc34)CCCC5)cc2C(C)(C)c2cc3ccccc3cc21.[Ir]. The van der Waals surface area contributed by atoms with Gasteiger partial charge in [-0.15, -0.1) is 34.9 Å². The van der Waals surface area contributed by atoms with E-state index in [-0.39, 0.29) is 30.9 Å². The van der Waals surface area contributed by atoms with Crippen LogP contribution in [0.15, 0.2) is 72.9 Å². The fourth-order valence-corrected chi connectivity index (χ4v) is 6.85. The Balaban J connectivity index is 0.00000252. The van der Waals surface area contributed by atoms with Crippen molar-refractivity contribution in [2.24, 2.45) is 0 Å². The maximum atomic E-state index is 4.91. The molecule has 5 aromatic rings. The third kappa shape index (κ3) is 3.64. The van der Waals surface area contributed by atoms with Gasteiger partial charge in [0.2, 0.25) is 0 Å². The average Bonchev–Trinajstić information content (AvgIpc) is 2.90. The van der Waals surface area contributed by atoms with Crippen molar-refractivity contribution in [3.63, 3.8) is 0 Å². The maximum absolute atomic E-state index is 4.91. The first-order chi connectivity index (χ1) is 17.3. The molecule has 2 aliphatic carbocycles.